The van der Waals surface area contributed by atoms with E-state index in [0.29, 0.717) is 42.5 Å². The van der Waals surface area contributed by atoms with Gasteiger partial charge in [-0.25, -0.2) is 8.42 Å². The van der Waals surface area contributed by atoms with Crippen molar-refractivity contribution in [3.63, 3.8) is 0 Å². The first-order valence-electron chi connectivity index (χ1n) is 10.1. The van der Waals surface area contributed by atoms with E-state index in [-0.39, 0.29) is 10.8 Å². The molecule has 0 N–H and O–H groups in total. The number of benzene rings is 3. The van der Waals surface area contributed by atoms with Crippen LogP contribution in [0.2, 0.25) is 0 Å². The number of nitrogens with zero attached hydrogens (tertiary/aromatic N) is 1. The average molecular weight is 450 g/mol. The second kappa shape index (κ2) is 9.28. The van der Waals surface area contributed by atoms with Gasteiger partial charge < -0.3 is 14.4 Å². The van der Waals surface area contributed by atoms with Crippen LogP contribution in [0.3, 0.4) is 0 Å². The van der Waals surface area contributed by atoms with E-state index in [1.807, 2.05) is 48.6 Å². The fourth-order valence-corrected chi connectivity index (χ4v) is 3.99. The van der Waals surface area contributed by atoms with Crippen LogP contribution in [0, 0.1) is 0 Å². The number of amides is 1. The van der Waals surface area contributed by atoms with Crippen LogP contribution in [0.1, 0.15) is 15.9 Å². The van der Waals surface area contributed by atoms with Gasteiger partial charge in [0.05, 0.1) is 4.90 Å². The van der Waals surface area contributed by atoms with Crippen LogP contribution < -0.4 is 14.4 Å². The number of carbonyl (C=O) groups excluding carboxylic acids is 1. The molecule has 0 aromatic heterocycles. The Balaban J connectivity index is 1.65. The van der Waals surface area contributed by atoms with Gasteiger partial charge >= 0.3 is 0 Å². The normalized spacial score (nSPS) is 13.2. The fourth-order valence-electron chi connectivity index (χ4n) is 3.36. The van der Waals surface area contributed by atoms with Crippen molar-refractivity contribution in [1.82, 2.24) is 0 Å². The minimum absolute atomic E-state index is 0.170. The van der Waals surface area contributed by atoms with Crippen LogP contribution >= 0.6 is 0 Å². The highest BCUT2D eigenvalue weighted by molar-refractivity contribution is 7.90. The summed E-state index contributed by atoms with van der Waals surface area (Å²) >= 11 is 0. The standard InChI is InChI=1S/C25H23NO5S/c1-32(28,29)22-12-9-20(10-13-22)25(27)26(15-5-8-19-6-3-2-4-7-19)21-11-14-23-24(18-21)31-17-16-30-23/h2-14,18H,15-17H2,1H3/b8-5+. The Hall–Kier alpha value is -3.58. The maximum atomic E-state index is 13.4. The SMILES string of the molecule is CS(=O)(=O)c1ccc(C(=O)N(C/C=C/c2ccccc2)c2ccc3c(c2)OCCO3)cc1. The third-order valence-electron chi connectivity index (χ3n) is 5.01. The van der Waals surface area contributed by atoms with Crippen LogP contribution in [0.4, 0.5) is 5.69 Å². The number of hydrogen-bond donors (Lipinski definition) is 0. The van der Waals surface area contributed by atoms with Gasteiger partial charge in [0.1, 0.15) is 13.2 Å². The molecule has 1 aliphatic rings. The Morgan fingerprint density at radius 3 is 2.31 bits per heavy atom. The second-order valence-corrected chi connectivity index (χ2v) is 9.37. The van der Waals surface area contributed by atoms with Crippen LogP contribution in [0.25, 0.3) is 6.08 Å². The summed E-state index contributed by atoms with van der Waals surface area (Å²) < 4.78 is 34.8. The Morgan fingerprint density at radius 2 is 1.62 bits per heavy atom. The summed E-state index contributed by atoms with van der Waals surface area (Å²) in [7, 11) is -3.34. The molecule has 0 bridgehead atoms. The number of carbonyl (C=O) groups is 1. The van der Waals surface area contributed by atoms with Gasteiger partial charge in [-0.3, -0.25) is 4.79 Å². The lowest BCUT2D eigenvalue weighted by Gasteiger charge is -2.25. The van der Waals surface area contributed by atoms with Crippen molar-refractivity contribution in [3.8, 4) is 11.5 Å². The largest absolute Gasteiger partial charge is 0.486 e. The predicted octanol–water partition coefficient (Wildman–Crippen LogP) is 4.22. The molecular weight excluding hydrogens is 426 g/mol. The molecule has 0 saturated heterocycles. The van der Waals surface area contributed by atoms with Gasteiger partial charge in [0.25, 0.3) is 5.91 Å². The Bertz CT molecular complexity index is 1240. The number of sulfone groups is 1. The van der Waals surface area contributed by atoms with E-state index in [4.69, 9.17) is 9.47 Å². The topological polar surface area (TPSA) is 72.9 Å². The van der Waals surface area contributed by atoms with Crippen molar-refractivity contribution in [2.24, 2.45) is 0 Å². The van der Waals surface area contributed by atoms with E-state index >= 15 is 0 Å². The number of fused-ring (bicyclic) bond motifs is 1. The zero-order chi connectivity index (χ0) is 22.6. The molecule has 0 radical (unpaired) electrons. The average Bonchev–Trinajstić information content (AvgIpc) is 2.81. The molecule has 32 heavy (non-hydrogen) atoms. The molecule has 1 aliphatic heterocycles. The van der Waals surface area contributed by atoms with Crippen LogP contribution in [-0.4, -0.2) is 40.3 Å². The van der Waals surface area contributed by atoms with E-state index < -0.39 is 9.84 Å². The molecule has 3 aromatic carbocycles. The summed E-state index contributed by atoms with van der Waals surface area (Å²) in [6.07, 6.45) is 5.00. The molecule has 1 amide bonds. The minimum atomic E-state index is -3.34. The summed E-state index contributed by atoms with van der Waals surface area (Å²) in [6.45, 7) is 1.26. The monoisotopic (exact) mass is 449 g/mol. The van der Waals surface area contributed by atoms with E-state index in [2.05, 4.69) is 0 Å². The van der Waals surface area contributed by atoms with Gasteiger partial charge in [-0.15, -0.1) is 0 Å². The first kappa shape index (κ1) is 21.6. The van der Waals surface area contributed by atoms with Crippen LogP contribution in [0.15, 0.2) is 83.8 Å². The minimum Gasteiger partial charge on any atom is -0.486 e. The lowest BCUT2D eigenvalue weighted by atomic mass is 10.1. The number of anilines is 1. The number of hydrogen-bond acceptors (Lipinski definition) is 5. The van der Waals surface area contributed by atoms with Gasteiger partial charge in [0.15, 0.2) is 21.3 Å². The van der Waals surface area contributed by atoms with E-state index in [1.54, 1.807) is 17.0 Å². The maximum Gasteiger partial charge on any atom is 0.258 e. The lowest BCUT2D eigenvalue weighted by Crippen LogP contribution is -2.31. The molecule has 0 spiro atoms. The summed E-state index contributed by atoms with van der Waals surface area (Å²) in [5.41, 5.74) is 2.07. The van der Waals surface area contributed by atoms with Gasteiger partial charge in [-0.05, 0) is 42.0 Å². The smallest absolute Gasteiger partial charge is 0.258 e. The number of ether oxygens (including phenoxy) is 2. The highest BCUT2D eigenvalue weighted by Gasteiger charge is 2.20. The van der Waals surface area contributed by atoms with E-state index in [9.17, 15) is 13.2 Å². The molecule has 0 atom stereocenters. The van der Waals surface area contributed by atoms with Crippen molar-refractivity contribution in [3.05, 3.63) is 90.0 Å². The molecule has 0 fully saturated rings. The molecule has 3 aromatic rings. The molecule has 0 unspecified atom stereocenters. The molecule has 7 heteroatoms. The predicted molar refractivity (Wildman–Crippen MR) is 124 cm³/mol. The Kier molecular flexibility index (Phi) is 6.28. The first-order valence-corrected chi connectivity index (χ1v) is 12.0. The van der Waals surface area contributed by atoms with Gasteiger partial charge in [-0.1, -0.05) is 42.5 Å². The molecule has 164 valence electrons. The third kappa shape index (κ3) is 5.00. The van der Waals surface area contributed by atoms with E-state index in [0.717, 1.165) is 11.8 Å². The van der Waals surface area contributed by atoms with Crippen LogP contribution in [0.5, 0.6) is 11.5 Å². The van der Waals surface area contributed by atoms with Crippen LogP contribution in [-0.2, 0) is 9.84 Å². The summed E-state index contributed by atoms with van der Waals surface area (Å²) in [4.78, 5) is 15.2. The summed E-state index contributed by atoms with van der Waals surface area (Å²) in [5, 5.41) is 0. The highest BCUT2D eigenvalue weighted by atomic mass is 32.2. The van der Waals surface area contributed by atoms with Crippen molar-refractivity contribution < 1.29 is 22.7 Å². The van der Waals surface area contributed by atoms with Crippen molar-refractivity contribution >= 4 is 27.5 Å². The quantitative estimate of drug-likeness (QED) is 0.563. The van der Waals surface area contributed by atoms with Crippen molar-refractivity contribution in [2.75, 3.05) is 30.9 Å². The molecule has 0 saturated carbocycles. The summed E-state index contributed by atoms with van der Waals surface area (Å²) in [5.74, 6) is 0.982. The van der Waals surface area contributed by atoms with E-state index in [1.165, 1.54) is 24.3 Å². The lowest BCUT2D eigenvalue weighted by molar-refractivity contribution is 0.0989. The van der Waals surface area contributed by atoms with Gasteiger partial charge in [0, 0.05) is 30.1 Å². The number of rotatable bonds is 6. The first-order chi connectivity index (χ1) is 15.4. The van der Waals surface area contributed by atoms with Gasteiger partial charge in [-0.2, -0.15) is 0 Å². The molecule has 1 heterocycles. The molecule has 4 rings (SSSR count). The fraction of sp³-hybridized carbons (Fsp3) is 0.160. The van der Waals surface area contributed by atoms with Crippen molar-refractivity contribution in [2.45, 2.75) is 4.90 Å². The molecule has 0 aliphatic carbocycles. The maximum absolute atomic E-state index is 13.4. The van der Waals surface area contributed by atoms with Crippen molar-refractivity contribution in [1.29, 1.82) is 0 Å². The molecule has 6 nitrogen and oxygen atoms in total. The molecular formula is C25H23NO5S. The third-order valence-corrected chi connectivity index (χ3v) is 6.14. The zero-order valence-corrected chi connectivity index (χ0v) is 18.4. The second-order valence-electron chi connectivity index (χ2n) is 7.35. The Morgan fingerprint density at radius 1 is 0.938 bits per heavy atom. The zero-order valence-electron chi connectivity index (χ0n) is 17.6. The van der Waals surface area contributed by atoms with Gasteiger partial charge in [0.2, 0.25) is 0 Å². The highest BCUT2D eigenvalue weighted by Crippen LogP contribution is 2.34. The summed E-state index contributed by atoms with van der Waals surface area (Å²) in [6, 6.07) is 21.2. The Labute approximate surface area is 187 Å².